The molecular formula is C25H24ClN3O3S. The summed E-state index contributed by atoms with van der Waals surface area (Å²) in [6, 6.07) is 8.33. The van der Waals surface area contributed by atoms with Gasteiger partial charge in [-0.1, -0.05) is 16.8 Å². The van der Waals surface area contributed by atoms with E-state index in [0.717, 1.165) is 68.3 Å². The number of benzene rings is 1. The van der Waals surface area contributed by atoms with Gasteiger partial charge >= 0.3 is 0 Å². The molecule has 6 rings (SSSR count). The topological polar surface area (TPSA) is 71.6 Å². The highest BCUT2D eigenvalue weighted by molar-refractivity contribution is 7.19. The van der Waals surface area contributed by atoms with Gasteiger partial charge in [0, 0.05) is 50.8 Å². The summed E-state index contributed by atoms with van der Waals surface area (Å²) >= 11 is 8.10. The summed E-state index contributed by atoms with van der Waals surface area (Å²) in [4.78, 5) is 7.63. The second-order valence-electron chi connectivity index (χ2n) is 9.03. The van der Waals surface area contributed by atoms with E-state index in [1.54, 1.807) is 17.5 Å². The molecule has 0 amide bonds. The van der Waals surface area contributed by atoms with E-state index < -0.39 is 0 Å². The quantitative estimate of drug-likeness (QED) is 0.432. The molecule has 33 heavy (non-hydrogen) atoms. The van der Waals surface area contributed by atoms with Crippen LogP contribution in [0.1, 0.15) is 40.0 Å². The Hall–Kier alpha value is -2.45. The minimum absolute atomic E-state index is 0.00274. The SMILES string of the molecule is CN(C)C1CCc2noc([C@H]3Cc4cc(Cl)cc(-c5ccnc6cc(CO)sc56)c4O3)c2C1. The van der Waals surface area contributed by atoms with Crippen LogP contribution in [0.25, 0.3) is 21.3 Å². The zero-order chi connectivity index (χ0) is 22.7. The van der Waals surface area contributed by atoms with Crippen molar-refractivity contribution in [1.82, 2.24) is 15.0 Å². The van der Waals surface area contributed by atoms with E-state index in [1.165, 1.54) is 5.56 Å². The van der Waals surface area contributed by atoms with Crippen LogP contribution in [0.2, 0.25) is 5.02 Å². The van der Waals surface area contributed by atoms with Crippen molar-refractivity contribution in [2.45, 2.75) is 44.4 Å². The molecule has 0 radical (unpaired) electrons. The van der Waals surface area contributed by atoms with Crippen LogP contribution < -0.4 is 4.74 Å². The Balaban J connectivity index is 1.40. The van der Waals surface area contributed by atoms with Gasteiger partial charge in [0.15, 0.2) is 11.9 Å². The lowest BCUT2D eigenvalue weighted by Gasteiger charge is -2.27. The van der Waals surface area contributed by atoms with Crippen molar-refractivity contribution in [3.63, 3.8) is 0 Å². The highest BCUT2D eigenvalue weighted by Gasteiger charge is 2.36. The molecule has 6 nitrogen and oxygen atoms in total. The van der Waals surface area contributed by atoms with Gasteiger partial charge in [-0.15, -0.1) is 11.3 Å². The fraction of sp³-hybridized carbons (Fsp3) is 0.360. The fourth-order valence-electron chi connectivity index (χ4n) is 5.05. The molecule has 2 atom stereocenters. The van der Waals surface area contributed by atoms with E-state index in [2.05, 4.69) is 29.1 Å². The molecule has 4 aromatic rings. The summed E-state index contributed by atoms with van der Waals surface area (Å²) < 4.78 is 13.4. The second-order valence-corrected chi connectivity index (χ2v) is 10.6. The Morgan fingerprint density at radius 3 is 2.91 bits per heavy atom. The molecule has 0 saturated heterocycles. The number of rotatable bonds is 4. The predicted octanol–water partition coefficient (Wildman–Crippen LogP) is 5.19. The molecule has 0 saturated carbocycles. The first-order chi connectivity index (χ1) is 16.0. The molecule has 1 N–H and O–H groups in total. The minimum atomic E-state index is -0.219. The second kappa shape index (κ2) is 8.09. The van der Waals surface area contributed by atoms with Crippen LogP contribution in [-0.2, 0) is 25.9 Å². The van der Waals surface area contributed by atoms with E-state index in [-0.39, 0.29) is 12.7 Å². The zero-order valence-electron chi connectivity index (χ0n) is 18.5. The summed E-state index contributed by atoms with van der Waals surface area (Å²) in [6.07, 6.45) is 5.21. The Labute approximate surface area is 200 Å². The summed E-state index contributed by atoms with van der Waals surface area (Å²) in [6.45, 7) is -0.00274. The summed E-state index contributed by atoms with van der Waals surface area (Å²) in [5.41, 5.74) is 6.14. The highest BCUT2D eigenvalue weighted by atomic mass is 35.5. The van der Waals surface area contributed by atoms with Gasteiger partial charge in [-0.3, -0.25) is 4.98 Å². The van der Waals surface area contributed by atoms with Gasteiger partial charge in [0.05, 0.1) is 22.5 Å². The van der Waals surface area contributed by atoms with Gasteiger partial charge in [-0.05, 0) is 57.6 Å². The van der Waals surface area contributed by atoms with Gasteiger partial charge in [0.25, 0.3) is 0 Å². The van der Waals surface area contributed by atoms with Crippen LogP contribution in [0.5, 0.6) is 5.75 Å². The maximum absolute atomic E-state index is 9.61. The zero-order valence-corrected chi connectivity index (χ0v) is 20.0. The van der Waals surface area contributed by atoms with Crippen molar-refractivity contribution in [2.75, 3.05) is 14.1 Å². The summed E-state index contributed by atoms with van der Waals surface area (Å²) in [7, 11) is 4.25. The molecule has 0 bridgehead atoms. The first kappa shape index (κ1) is 21.1. The van der Waals surface area contributed by atoms with E-state index in [4.69, 9.17) is 20.9 Å². The Kier molecular flexibility index (Phi) is 5.18. The Bertz CT molecular complexity index is 1360. The predicted molar refractivity (Wildman–Crippen MR) is 129 cm³/mol. The van der Waals surface area contributed by atoms with Crippen LogP contribution in [-0.4, -0.2) is 40.3 Å². The average molecular weight is 482 g/mol. The molecule has 8 heteroatoms. The van der Waals surface area contributed by atoms with Gasteiger partial charge in [-0.25, -0.2) is 0 Å². The smallest absolute Gasteiger partial charge is 0.181 e. The summed E-state index contributed by atoms with van der Waals surface area (Å²) in [5.74, 6) is 1.68. The van der Waals surface area contributed by atoms with Crippen molar-refractivity contribution in [1.29, 1.82) is 0 Å². The standard InChI is InChI=1S/C25H24ClN3O3S/c1-29(2)15-3-4-20-19(10-15)24(32-28-20)22-8-13-7-14(26)9-18(23(13)31-22)17-5-6-27-21-11-16(12-30)33-25(17)21/h5-7,9,11,15,22,30H,3-4,8,10,12H2,1-2H3/t15?,22-/m1/s1. The van der Waals surface area contributed by atoms with E-state index in [9.17, 15) is 5.11 Å². The number of hydrogen-bond donors (Lipinski definition) is 1. The maximum atomic E-state index is 9.61. The molecular weight excluding hydrogens is 458 g/mol. The number of ether oxygens (including phenoxy) is 1. The van der Waals surface area contributed by atoms with Crippen LogP contribution in [0.3, 0.4) is 0 Å². The van der Waals surface area contributed by atoms with Gasteiger partial charge < -0.3 is 19.3 Å². The molecule has 0 spiro atoms. The molecule has 170 valence electrons. The van der Waals surface area contributed by atoms with Gasteiger partial charge in [0.2, 0.25) is 0 Å². The average Bonchev–Trinajstić information content (AvgIpc) is 3.53. The first-order valence-electron chi connectivity index (χ1n) is 11.1. The monoisotopic (exact) mass is 481 g/mol. The van der Waals surface area contributed by atoms with E-state index in [1.807, 2.05) is 24.3 Å². The van der Waals surface area contributed by atoms with Crippen molar-refractivity contribution >= 4 is 33.2 Å². The highest BCUT2D eigenvalue weighted by Crippen LogP contribution is 2.48. The van der Waals surface area contributed by atoms with Crippen LogP contribution in [0.15, 0.2) is 35.0 Å². The number of nitrogens with zero attached hydrogens (tertiary/aromatic N) is 3. The van der Waals surface area contributed by atoms with Crippen LogP contribution >= 0.6 is 22.9 Å². The number of thiophene rings is 1. The van der Waals surface area contributed by atoms with Gasteiger partial charge in [-0.2, -0.15) is 0 Å². The molecule has 1 aromatic carbocycles. The molecule has 1 unspecified atom stereocenters. The van der Waals surface area contributed by atoms with Crippen molar-refractivity contribution in [3.8, 4) is 16.9 Å². The van der Waals surface area contributed by atoms with Crippen LogP contribution in [0.4, 0.5) is 0 Å². The van der Waals surface area contributed by atoms with Crippen molar-refractivity contribution in [3.05, 3.63) is 62.9 Å². The van der Waals surface area contributed by atoms with E-state index in [0.29, 0.717) is 17.5 Å². The Morgan fingerprint density at radius 1 is 1.21 bits per heavy atom. The molecule has 1 aliphatic carbocycles. The lowest BCUT2D eigenvalue weighted by Crippen LogP contribution is -2.33. The first-order valence-corrected chi connectivity index (χ1v) is 12.3. The third-order valence-electron chi connectivity index (χ3n) is 6.78. The molecule has 4 heterocycles. The third-order valence-corrected chi connectivity index (χ3v) is 8.14. The lowest BCUT2D eigenvalue weighted by atomic mass is 9.89. The maximum Gasteiger partial charge on any atom is 0.181 e. The van der Waals surface area contributed by atoms with Crippen molar-refractivity contribution < 1.29 is 14.4 Å². The van der Waals surface area contributed by atoms with E-state index >= 15 is 0 Å². The number of hydrogen-bond acceptors (Lipinski definition) is 7. The number of halogens is 1. The van der Waals surface area contributed by atoms with Crippen molar-refractivity contribution in [2.24, 2.45) is 0 Å². The normalized spacial score (nSPS) is 19.7. The number of fused-ring (bicyclic) bond motifs is 3. The minimum Gasteiger partial charge on any atom is -0.481 e. The lowest BCUT2D eigenvalue weighted by molar-refractivity contribution is 0.188. The molecule has 2 aliphatic rings. The van der Waals surface area contributed by atoms with Crippen LogP contribution in [0, 0.1) is 0 Å². The molecule has 1 aliphatic heterocycles. The third kappa shape index (κ3) is 3.54. The number of pyridine rings is 1. The summed E-state index contributed by atoms with van der Waals surface area (Å²) in [5, 5.41) is 14.7. The number of likely N-dealkylation sites (N-methyl/N-ethyl adjacent to an activating group) is 1. The van der Waals surface area contributed by atoms with Gasteiger partial charge in [0.1, 0.15) is 5.75 Å². The molecule has 0 fully saturated rings. The largest absolute Gasteiger partial charge is 0.481 e. The number of aliphatic hydroxyl groups is 1. The number of aryl methyl sites for hydroxylation is 1. The molecule has 3 aromatic heterocycles. The Morgan fingerprint density at radius 2 is 2.09 bits per heavy atom. The fourth-order valence-corrected chi connectivity index (χ4v) is 6.30. The number of aromatic nitrogens is 2. The number of aliphatic hydroxyl groups excluding tert-OH is 1.